The van der Waals surface area contributed by atoms with E-state index in [1.807, 2.05) is 0 Å². The first-order valence-electron chi connectivity index (χ1n) is 1.98. The van der Waals surface area contributed by atoms with Crippen molar-refractivity contribution < 1.29 is 0 Å². The van der Waals surface area contributed by atoms with Crippen molar-refractivity contribution in [1.29, 1.82) is 0 Å². The van der Waals surface area contributed by atoms with Crippen LogP contribution in [-0.4, -0.2) is 63.8 Å². The Bertz CT molecular complexity index is 251. The molecule has 0 spiro atoms. The van der Waals surface area contributed by atoms with Gasteiger partial charge in [-0.05, 0) is 23.2 Å². The van der Waals surface area contributed by atoms with Crippen LogP contribution in [0.15, 0.2) is 4.79 Å². The third-order valence-electron chi connectivity index (χ3n) is 0.594. The molecule has 4 nitrogen and oxygen atoms in total. The van der Waals surface area contributed by atoms with E-state index in [1.165, 1.54) is 0 Å². The maximum absolute atomic E-state index is 10.3. The molecule has 50 valence electrons. The topological polar surface area (TPSA) is 58.6 Å². The average molecular weight is 303 g/mol. The zero-order valence-corrected chi connectivity index (χ0v) is 10.7. The standard InChI is InChI=1S/C3HCl2N3O.Ba/c4-1-6-2(5)8-3(9)7-1;/h(H,6,7,8,9);. The molecule has 0 aliphatic carbocycles. The molecule has 0 bridgehead atoms. The molecule has 7 heteroatoms. The molecule has 1 heterocycles. The third kappa shape index (κ3) is 3.38. The number of rotatable bonds is 0. The van der Waals surface area contributed by atoms with Crippen LogP contribution in [0, 0.1) is 0 Å². The van der Waals surface area contributed by atoms with Crippen LogP contribution in [-0.2, 0) is 0 Å². The van der Waals surface area contributed by atoms with Crippen LogP contribution in [0.1, 0.15) is 0 Å². The van der Waals surface area contributed by atoms with Crippen molar-refractivity contribution in [2.75, 3.05) is 0 Å². The molecule has 0 atom stereocenters. The van der Waals surface area contributed by atoms with Gasteiger partial charge in [-0.3, -0.25) is 4.98 Å². The Balaban J connectivity index is 0.000000810. The second kappa shape index (κ2) is 4.76. The summed E-state index contributed by atoms with van der Waals surface area (Å²) < 4.78 is 0. The van der Waals surface area contributed by atoms with E-state index in [9.17, 15) is 4.79 Å². The van der Waals surface area contributed by atoms with E-state index >= 15 is 0 Å². The number of nitrogens with one attached hydrogen (secondary N) is 1. The van der Waals surface area contributed by atoms with E-state index in [-0.39, 0.29) is 59.4 Å². The van der Waals surface area contributed by atoms with Crippen LogP contribution in [0.5, 0.6) is 0 Å². The Morgan fingerprint density at radius 2 is 1.90 bits per heavy atom. The summed E-state index contributed by atoms with van der Waals surface area (Å²) in [5.74, 6) is 0. The van der Waals surface area contributed by atoms with E-state index in [0.717, 1.165) is 0 Å². The van der Waals surface area contributed by atoms with Crippen molar-refractivity contribution in [1.82, 2.24) is 15.0 Å². The second-order valence-corrected chi connectivity index (χ2v) is 1.91. The summed E-state index contributed by atoms with van der Waals surface area (Å²) in [4.78, 5) is 19.0. The van der Waals surface area contributed by atoms with Gasteiger partial charge in [0, 0.05) is 48.9 Å². The summed E-state index contributed by atoms with van der Waals surface area (Å²) in [6.45, 7) is 0. The molecule has 0 aliphatic heterocycles. The molecule has 0 saturated carbocycles. The van der Waals surface area contributed by atoms with E-state index < -0.39 is 5.69 Å². The molecule has 0 aliphatic rings. The van der Waals surface area contributed by atoms with Gasteiger partial charge in [0.2, 0.25) is 10.6 Å². The molecule has 2 radical (unpaired) electrons. The Morgan fingerprint density at radius 1 is 1.30 bits per heavy atom. The largest absolute Gasteiger partial charge is 0.350 e. The van der Waals surface area contributed by atoms with Crippen molar-refractivity contribution in [3.8, 4) is 0 Å². The van der Waals surface area contributed by atoms with Gasteiger partial charge >= 0.3 is 5.69 Å². The number of aromatic nitrogens is 3. The normalized spacial score (nSPS) is 8.60. The van der Waals surface area contributed by atoms with Crippen molar-refractivity contribution >= 4 is 72.1 Å². The fourth-order valence-electron chi connectivity index (χ4n) is 0.334. The number of H-pyrrole nitrogens is 1. The van der Waals surface area contributed by atoms with E-state index in [0.29, 0.717) is 0 Å². The van der Waals surface area contributed by atoms with E-state index in [2.05, 4.69) is 15.0 Å². The van der Waals surface area contributed by atoms with E-state index in [1.54, 1.807) is 0 Å². The fourth-order valence-corrected chi connectivity index (χ4v) is 0.699. The Morgan fingerprint density at radius 3 is 2.30 bits per heavy atom. The molecule has 0 unspecified atom stereocenters. The minimum absolute atomic E-state index is 0. The van der Waals surface area contributed by atoms with Gasteiger partial charge in [-0.25, -0.2) is 4.79 Å². The molecule has 0 amide bonds. The summed E-state index contributed by atoms with van der Waals surface area (Å²) in [7, 11) is 0. The number of aromatic amines is 1. The van der Waals surface area contributed by atoms with Crippen LogP contribution in [0.3, 0.4) is 0 Å². The predicted molar refractivity (Wildman–Crippen MR) is 38.4 cm³/mol. The van der Waals surface area contributed by atoms with Gasteiger partial charge in [-0.1, -0.05) is 0 Å². The summed E-state index contributed by atoms with van der Waals surface area (Å²) in [5.41, 5.74) is -0.597. The summed E-state index contributed by atoms with van der Waals surface area (Å²) >= 11 is 10.5. The zero-order valence-electron chi connectivity index (χ0n) is 4.77. The van der Waals surface area contributed by atoms with Crippen LogP contribution < -0.4 is 5.69 Å². The minimum Gasteiger partial charge on any atom is -0.280 e. The van der Waals surface area contributed by atoms with Crippen LogP contribution in [0.25, 0.3) is 0 Å². The Hall–Kier alpha value is 0.961. The van der Waals surface area contributed by atoms with Crippen molar-refractivity contribution in [3.05, 3.63) is 21.1 Å². The van der Waals surface area contributed by atoms with Gasteiger partial charge in [0.1, 0.15) is 0 Å². The van der Waals surface area contributed by atoms with Gasteiger partial charge in [0.05, 0.1) is 0 Å². The molecule has 10 heavy (non-hydrogen) atoms. The number of hydrogen-bond acceptors (Lipinski definition) is 3. The Labute approximate surface area is 106 Å². The monoisotopic (exact) mass is 303 g/mol. The van der Waals surface area contributed by atoms with Crippen LogP contribution >= 0.6 is 23.2 Å². The molecule has 1 aromatic heterocycles. The number of hydrogen-bond donors (Lipinski definition) is 1. The first-order chi connectivity index (χ1) is 4.18. The SMILES string of the molecule is O=c1nc(Cl)nc(Cl)[nH]1.[Ba]. The van der Waals surface area contributed by atoms with Crippen molar-refractivity contribution in [2.45, 2.75) is 0 Å². The van der Waals surface area contributed by atoms with E-state index in [4.69, 9.17) is 23.2 Å². The van der Waals surface area contributed by atoms with Gasteiger partial charge in [-0.15, -0.1) is 0 Å². The minimum atomic E-state index is -0.597. The molecule has 0 fully saturated rings. The van der Waals surface area contributed by atoms with Crippen molar-refractivity contribution in [3.63, 3.8) is 0 Å². The molecule has 0 saturated heterocycles. The van der Waals surface area contributed by atoms with Gasteiger partial charge in [-0.2, -0.15) is 9.97 Å². The number of nitrogens with zero attached hydrogens (tertiary/aromatic N) is 2. The summed E-state index contributed by atoms with van der Waals surface area (Å²) in [5, 5.41) is -0.205. The quantitative estimate of drug-likeness (QED) is 0.691. The van der Waals surface area contributed by atoms with Crippen LogP contribution in [0.2, 0.25) is 10.6 Å². The summed E-state index contributed by atoms with van der Waals surface area (Å²) in [6.07, 6.45) is 0. The average Bonchev–Trinajstić information content (AvgIpc) is 1.59. The Kier molecular flexibility index (Phi) is 5.22. The summed E-state index contributed by atoms with van der Waals surface area (Å²) in [6, 6.07) is 0. The maximum atomic E-state index is 10.3. The maximum Gasteiger partial charge on any atom is 0.350 e. The molecule has 1 aromatic rings. The fraction of sp³-hybridized carbons (Fsp3) is 0. The van der Waals surface area contributed by atoms with Gasteiger partial charge in [0.15, 0.2) is 0 Å². The second-order valence-electron chi connectivity index (χ2n) is 1.21. The predicted octanol–water partition coefficient (Wildman–Crippen LogP) is 0.0909. The number of halogens is 2. The third-order valence-corrected chi connectivity index (χ3v) is 0.942. The van der Waals surface area contributed by atoms with Gasteiger partial charge < -0.3 is 0 Å². The molecule has 1 rings (SSSR count). The molecule has 0 aromatic carbocycles. The molecule has 1 N–H and O–H groups in total. The zero-order chi connectivity index (χ0) is 6.85. The van der Waals surface area contributed by atoms with Gasteiger partial charge in [0.25, 0.3) is 0 Å². The first kappa shape index (κ1) is 11.0. The molecular formula is C3HBaCl2N3O. The van der Waals surface area contributed by atoms with Crippen LogP contribution in [0.4, 0.5) is 0 Å². The van der Waals surface area contributed by atoms with Crippen molar-refractivity contribution in [2.24, 2.45) is 0 Å². The molecular weight excluding hydrogens is 302 g/mol. The first-order valence-corrected chi connectivity index (χ1v) is 2.73. The smallest absolute Gasteiger partial charge is 0.280 e.